The molecule has 5 aromatic rings. The summed E-state index contributed by atoms with van der Waals surface area (Å²) < 4.78 is 1.67. The molecule has 174 valence electrons. The molecule has 0 aliphatic carbocycles. The van der Waals surface area contributed by atoms with Crippen LogP contribution < -0.4 is 5.32 Å². The van der Waals surface area contributed by atoms with Crippen molar-refractivity contribution in [2.45, 2.75) is 25.8 Å². The maximum atomic E-state index is 13.6. The lowest BCUT2D eigenvalue weighted by atomic mass is 9.98. The number of benzene rings is 1. The topological polar surface area (TPSA) is 85.6 Å². The first-order valence-corrected chi connectivity index (χ1v) is 12.2. The van der Waals surface area contributed by atoms with Gasteiger partial charge in [-0.1, -0.05) is 50.2 Å². The van der Waals surface area contributed by atoms with Crippen molar-refractivity contribution in [1.82, 2.24) is 30.0 Å². The first-order valence-electron chi connectivity index (χ1n) is 11.3. The van der Waals surface area contributed by atoms with Gasteiger partial charge in [0.1, 0.15) is 0 Å². The van der Waals surface area contributed by atoms with E-state index in [2.05, 4.69) is 20.4 Å². The molecule has 4 heterocycles. The number of pyridine rings is 1. The number of carbonyl (C=O) groups excluding carboxylic acids is 1. The number of rotatable bonds is 7. The second-order valence-electron chi connectivity index (χ2n) is 8.33. The third kappa shape index (κ3) is 4.74. The second-order valence-corrected chi connectivity index (χ2v) is 9.27. The first kappa shape index (κ1) is 22.6. The molecule has 0 unspecified atom stereocenters. The van der Waals surface area contributed by atoms with Crippen LogP contribution in [0, 0.1) is 0 Å². The van der Waals surface area contributed by atoms with E-state index in [0.29, 0.717) is 11.5 Å². The zero-order valence-electron chi connectivity index (χ0n) is 19.4. The molecule has 7 nitrogen and oxygen atoms in total. The number of hydrogen-bond donors (Lipinski definition) is 1. The number of nitrogens with one attached hydrogen (secondary N) is 1. The van der Waals surface area contributed by atoms with Gasteiger partial charge in [0.05, 0.1) is 34.1 Å². The number of nitrogens with zero attached hydrogens (tertiary/aromatic N) is 5. The summed E-state index contributed by atoms with van der Waals surface area (Å²) in [7, 11) is 0. The highest BCUT2D eigenvalue weighted by Gasteiger charge is 2.25. The number of aromatic nitrogens is 5. The zero-order valence-corrected chi connectivity index (χ0v) is 20.2. The maximum Gasteiger partial charge on any atom is 0.255 e. The minimum atomic E-state index is -0.325. The van der Waals surface area contributed by atoms with Gasteiger partial charge in [-0.3, -0.25) is 9.78 Å². The van der Waals surface area contributed by atoms with Gasteiger partial charge < -0.3 is 5.32 Å². The van der Waals surface area contributed by atoms with Gasteiger partial charge in [0, 0.05) is 18.6 Å². The van der Waals surface area contributed by atoms with Gasteiger partial charge in [-0.2, -0.15) is 5.10 Å². The molecule has 8 heteroatoms. The molecule has 0 spiro atoms. The Bertz CT molecular complexity index is 1380. The molecule has 1 atom stereocenters. The molecule has 0 radical (unpaired) electrons. The van der Waals surface area contributed by atoms with Crippen LogP contribution in [-0.2, 0) is 0 Å². The third-order valence-electron chi connectivity index (χ3n) is 5.65. The molecular weight excluding hydrogens is 456 g/mol. The maximum absolute atomic E-state index is 13.6. The lowest BCUT2D eigenvalue weighted by Gasteiger charge is -2.20. The van der Waals surface area contributed by atoms with Crippen molar-refractivity contribution < 1.29 is 4.79 Å². The van der Waals surface area contributed by atoms with Gasteiger partial charge in [0.25, 0.3) is 11.9 Å². The van der Waals surface area contributed by atoms with Crippen molar-refractivity contribution in [2.24, 2.45) is 0 Å². The Morgan fingerprint density at radius 1 is 0.943 bits per heavy atom. The monoisotopic (exact) mass is 480 g/mol. The SMILES string of the molecule is CC(C)c1c(C(=O)N[C@@H](c2ccccc2)c2ccncc2)cnn1-c1nccc(-c2cccs2)n1. The molecular formula is C27H24N6OS. The predicted octanol–water partition coefficient (Wildman–Crippen LogP) is 5.43. The summed E-state index contributed by atoms with van der Waals surface area (Å²) in [5.74, 6) is 0.246. The van der Waals surface area contributed by atoms with Crippen molar-refractivity contribution in [3.05, 3.63) is 113 Å². The van der Waals surface area contributed by atoms with Crippen LogP contribution in [-0.4, -0.2) is 30.6 Å². The fourth-order valence-corrected chi connectivity index (χ4v) is 4.72. The second kappa shape index (κ2) is 9.99. The van der Waals surface area contributed by atoms with Gasteiger partial charge in [0.15, 0.2) is 0 Å². The summed E-state index contributed by atoms with van der Waals surface area (Å²) in [6.07, 6.45) is 6.78. The largest absolute Gasteiger partial charge is 0.341 e. The molecule has 1 N–H and O–H groups in total. The van der Waals surface area contributed by atoms with Crippen molar-refractivity contribution in [2.75, 3.05) is 0 Å². The van der Waals surface area contributed by atoms with Gasteiger partial charge >= 0.3 is 0 Å². The van der Waals surface area contributed by atoms with Gasteiger partial charge in [0.2, 0.25) is 0 Å². The molecule has 0 bridgehead atoms. The summed E-state index contributed by atoms with van der Waals surface area (Å²) in [6, 6.07) is 19.3. The number of carbonyl (C=O) groups is 1. The Morgan fingerprint density at radius 2 is 1.71 bits per heavy atom. The van der Waals surface area contributed by atoms with E-state index in [0.717, 1.165) is 27.4 Å². The molecule has 35 heavy (non-hydrogen) atoms. The molecule has 4 aromatic heterocycles. The molecule has 1 aromatic carbocycles. The average Bonchev–Trinajstić information content (AvgIpc) is 3.59. The molecule has 0 saturated heterocycles. The Labute approximate surface area is 207 Å². The summed E-state index contributed by atoms with van der Waals surface area (Å²) in [5, 5.41) is 9.74. The molecule has 0 aliphatic heterocycles. The fourth-order valence-electron chi connectivity index (χ4n) is 4.03. The molecule has 5 rings (SSSR count). The summed E-state index contributed by atoms with van der Waals surface area (Å²) in [5.41, 5.74) is 4.01. The van der Waals surface area contributed by atoms with E-state index in [1.165, 1.54) is 0 Å². The van der Waals surface area contributed by atoms with Gasteiger partial charge in [-0.25, -0.2) is 14.6 Å². The first-order chi connectivity index (χ1) is 17.1. The lowest BCUT2D eigenvalue weighted by Crippen LogP contribution is -2.30. The Morgan fingerprint density at radius 3 is 2.43 bits per heavy atom. The zero-order chi connectivity index (χ0) is 24.2. The highest BCUT2D eigenvalue weighted by molar-refractivity contribution is 7.13. The van der Waals surface area contributed by atoms with E-state index in [-0.39, 0.29) is 17.9 Å². The molecule has 0 fully saturated rings. The Kier molecular flexibility index (Phi) is 6.45. The van der Waals surface area contributed by atoms with Crippen LogP contribution in [0.15, 0.2) is 90.8 Å². The van der Waals surface area contributed by atoms with Crippen molar-refractivity contribution in [1.29, 1.82) is 0 Å². The van der Waals surface area contributed by atoms with Crippen molar-refractivity contribution in [3.8, 4) is 16.5 Å². The van der Waals surface area contributed by atoms with Crippen molar-refractivity contribution in [3.63, 3.8) is 0 Å². The third-order valence-corrected chi connectivity index (χ3v) is 6.54. The number of thiophene rings is 1. The average molecular weight is 481 g/mol. The number of hydrogen-bond acceptors (Lipinski definition) is 6. The summed E-state index contributed by atoms with van der Waals surface area (Å²) in [4.78, 5) is 27.9. The van der Waals surface area contributed by atoms with E-state index >= 15 is 0 Å². The smallest absolute Gasteiger partial charge is 0.255 e. The normalized spacial score (nSPS) is 12.0. The summed E-state index contributed by atoms with van der Waals surface area (Å²) >= 11 is 1.61. The standard InChI is InChI=1S/C27H24N6OS/c1-18(2)25-21(17-30-33(25)27-29-15-12-22(31-27)23-9-6-16-35-23)26(34)32-24(19-7-4-3-5-8-19)20-10-13-28-14-11-20/h3-18,24H,1-2H3,(H,32,34)/t24-/m0/s1. The van der Waals surface area contributed by atoms with Crippen molar-refractivity contribution >= 4 is 17.2 Å². The van der Waals surface area contributed by atoms with Crippen LogP contribution in [0.2, 0.25) is 0 Å². The lowest BCUT2D eigenvalue weighted by molar-refractivity contribution is 0.0941. The van der Waals surface area contributed by atoms with E-state index in [1.54, 1.807) is 40.8 Å². The molecule has 0 saturated carbocycles. The van der Waals surface area contributed by atoms with Crippen LogP contribution in [0.3, 0.4) is 0 Å². The van der Waals surface area contributed by atoms with Crippen LogP contribution in [0.5, 0.6) is 0 Å². The van der Waals surface area contributed by atoms with Gasteiger partial charge in [-0.15, -0.1) is 11.3 Å². The van der Waals surface area contributed by atoms with Gasteiger partial charge in [-0.05, 0) is 46.7 Å². The van der Waals surface area contributed by atoms with E-state index in [4.69, 9.17) is 4.98 Å². The molecule has 0 aliphatic rings. The Balaban J connectivity index is 1.51. The van der Waals surface area contributed by atoms with Crippen LogP contribution >= 0.6 is 11.3 Å². The highest BCUT2D eigenvalue weighted by atomic mass is 32.1. The molecule has 1 amide bonds. The predicted molar refractivity (Wildman–Crippen MR) is 137 cm³/mol. The number of amides is 1. The highest BCUT2D eigenvalue weighted by Crippen LogP contribution is 2.27. The van der Waals surface area contributed by atoms with E-state index in [9.17, 15) is 4.79 Å². The van der Waals surface area contributed by atoms with Crippen LogP contribution in [0.1, 0.15) is 53.0 Å². The van der Waals surface area contributed by atoms with Crippen LogP contribution in [0.25, 0.3) is 16.5 Å². The minimum absolute atomic E-state index is 0.0170. The van der Waals surface area contributed by atoms with E-state index in [1.807, 2.05) is 79.9 Å². The summed E-state index contributed by atoms with van der Waals surface area (Å²) in [6.45, 7) is 4.07. The Hall–Kier alpha value is -4.17. The fraction of sp³-hybridized carbons (Fsp3) is 0.148. The minimum Gasteiger partial charge on any atom is -0.341 e. The van der Waals surface area contributed by atoms with Crippen LogP contribution in [0.4, 0.5) is 0 Å². The van der Waals surface area contributed by atoms with E-state index < -0.39 is 0 Å². The quantitative estimate of drug-likeness (QED) is 0.336.